The van der Waals surface area contributed by atoms with Crippen LogP contribution in [0, 0.1) is 0 Å². The highest BCUT2D eigenvalue weighted by Gasteiger charge is 2.36. The van der Waals surface area contributed by atoms with Gasteiger partial charge in [-0.3, -0.25) is 0 Å². The molecule has 0 aliphatic carbocycles. The van der Waals surface area contributed by atoms with E-state index >= 15 is 0 Å². The van der Waals surface area contributed by atoms with Gasteiger partial charge in [0.2, 0.25) is 0 Å². The predicted octanol–water partition coefficient (Wildman–Crippen LogP) is 2.53. The summed E-state index contributed by atoms with van der Waals surface area (Å²) in [5.74, 6) is 0. The van der Waals surface area contributed by atoms with Crippen molar-refractivity contribution < 1.29 is 4.74 Å². The first-order chi connectivity index (χ1) is 9.67. The monoisotopic (exact) mass is 271 g/mol. The van der Waals surface area contributed by atoms with Crippen molar-refractivity contribution in [3.63, 3.8) is 0 Å². The Morgan fingerprint density at radius 1 is 1.40 bits per heavy atom. The molecule has 0 saturated carbocycles. The Balaban J connectivity index is 1.64. The van der Waals surface area contributed by atoms with Crippen molar-refractivity contribution in [1.82, 2.24) is 14.9 Å². The molecular weight excluding hydrogens is 250 g/mol. The molecule has 106 valence electrons. The zero-order valence-electron chi connectivity index (χ0n) is 12.0. The smallest absolute Gasteiger partial charge is 0.0991 e. The van der Waals surface area contributed by atoms with Gasteiger partial charge in [-0.25, -0.2) is 4.98 Å². The number of nitrogens with one attached hydrogen (secondary N) is 1. The van der Waals surface area contributed by atoms with Crippen LogP contribution >= 0.6 is 0 Å². The summed E-state index contributed by atoms with van der Waals surface area (Å²) < 4.78 is 7.66. The summed E-state index contributed by atoms with van der Waals surface area (Å²) in [5, 5.41) is 3.63. The number of hydrogen-bond donors (Lipinski definition) is 1. The van der Waals surface area contributed by atoms with Gasteiger partial charge in [0.05, 0.1) is 12.4 Å². The molecule has 1 aromatic carbocycles. The lowest BCUT2D eigenvalue weighted by Crippen LogP contribution is -2.47. The van der Waals surface area contributed by atoms with Crippen LogP contribution < -0.4 is 5.32 Å². The van der Waals surface area contributed by atoms with Gasteiger partial charge in [-0.15, -0.1) is 0 Å². The summed E-state index contributed by atoms with van der Waals surface area (Å²) in [6, 6.07) is 8.56. The second kappa shape index (κ2) is 5.38. The summed E-state index contributed by atoms with van der Waals surface area (Å²) in [7, 11) is 0. The van der Waals surface area contributed by atoms with Crippen molar-refractivity contribution in [3.8, 4) is 5.69 Å². The summed E-state index contributed by atoms with van der Waals surface area (Å²) in [5.41, 5.74) is 2.51. The predicted molar refractivity (Wildman–Crippen MR) is 78.8 cm³/mol. The van der Waals surface area contributed by atoms with Crippen LogP contribution in [0.25, 0.3) is 5.69 Å². The number of ether oxygens (including phenoxy) is 1. The third-order valence-electron chi connectivity index (χ3n) is 4.32. The molecule has 0 spiro atoms. The first-order valence-corrected chi connectivity index (χ1v) is 7.11. The van der Waals surface area contributed by atoms with E-state index in [2.05, 4.69) is 48.4 Å². The molecule has 0 amide bonds. The molecule has 4 heteroatoms. The third kappa shape index (κ3) is 2.62. The molecule has 1 aliphatic rings. The fraction of sp³-hybridized carbons (Fsp3) is 0.438. The van der Waals surface area contributed by atoms with E-state index in [0.717, 1.165) is 25.3 Å². The molecule has 1 saturated heterocycles. The molecule has 0 bridgehead atoms. The van der Waals surface area contributed by atoms with Crippen molar-refractivity contribution in [2.75, 3.05) is 6.61 Å². The van der Waals surface area contributed by atoms with Gasteiger partial charge < -0.3 is 14.6 Å². The topological polar surface area (TPSA) is 39.1 Å². The number of aromatic nitrogens is 2. The molecule has 4 nitrogen and oxygen atoms in total. The maximum atomic E-state index is 5.65. The Morgan fingerprint density at radius 2 is 2.20 bits per heavy atom. The molecule has 2 heterocycles. The van der Waals surface area contributed by atoms with E-state index in [1.807, 2.05) is 17.1 Å². The van der Waals surface area contributed by atoms with Gasteiger partial charge >= 0.3 is 0 Å². The van der Waals surface area contributed by atoms with E-state index in [0.29, 0.717) is 0 Å². The highest BCUT2D eigenvalue weighted by molar-refractivity contribution is 5.34. The standard InChI is InChI=1S/C16H21N3O/c1-13-16(2,7-10-20-13)18-11-14-3-5-15(6-4-14)19-9-8-17-12-19/h3-6,8-9,12-13,18H,7,10-11H2,1-2H3. The molecule has 3 rings (SSSR count). The lowest BCUT2D eigenvalue weighted by Gasteiger charge is -2.29. The zero-order valence-corrected chi connectivity index (χ0v) is 12.0. The van der Waals surface area contributed by atoms with E-state index < -0.39 is 0 Å². The van der Waals surface area contributed by atoms with Gasteiger partial charge in [0, 0.05) is 36.8 Å². The number of imidazole rings is 1. The molecule has 2 unspecified atom stereocenters. The minimum Gasteiger partial charge on any atom is -0.377 e. The average Bonchev–Trinajstić information content (AvgIpc) is 3.09. The Kier molecular flexibility index (Phi) is 3.59. The largest absolute Gasteiger partial charge is 0.377 e. The van der Waals surface area contributed by atoms with Gasteiger partial charge in [0.25, 0.3) is 0 Å². The Hall–Kier alpha value is -1.65. The number of nitrogens with zero attached hydrogens (tertiary/aromatic N) is 2. The van der Waals surface area contributed by atoms with Gasteiger partial charge in [0.15, 0.2) is 0 Å². The summed E-state index contributed by atoms with van der Waals surface area (Å²) in [4.78, 5) is 4.06. The van der Waals surface area contributed by atoms with E-state index in [9.17, 15) is 0 Å². The summed E-state index contributed by atoms with van der Waals surface area (Å²) >= 11 is 0. The minimum absolute atomic E-state index is 0.0863. The lowest BCUT2D eigenvalue weighted by molar-refractivity contribution is 0.0881. The maximum absolute atomic E-state index is 5.65. The van der Waals surface area contributed by atoms with Crippen LogP contribution in [-0.4, -0.2) is 27.8 Å². The van der Waals surface area contributed by atoms with E-state index in [4.69, 9.17) is 4.74 Å². The minimum atomic E-state index is 0.0863. The fourth-order valence-corrected chi connectivity index (χ4v) is 2.57. The molecule has 1 N–H and O–H groups in total. The van der Waals surface area contributed by atoms with Crippen molar-refractivity contribution in [2.45, 2.75) is 38.5 Å². The lowest BCUT2D eigenvalue weighted by atomic mass is 9.94. The van der Waals surface area contributed by atoms with E-state index in [1.165, 1.54) is 5.56 Å². The SMILES string of the molecule is CC1OCCC1(C)NCc1ccc(-n2ccnc2)cc1. The number of rotatable bonds is 4. The van der Waals surface area contributed by atoms with Crippen molar-refractivity contribution in [3.05, 3.63) is 48.5 Å². The van der Waals surface area contributed by atoms with E-state index in [1.54, 1.807) is 6.20 Å². The first-order valence-electron chi connectivity index (χ1n) is 7.11. The maximum Gasteiger partial charge on any atom is 0.0991 e. The fourth-order valence-electron chi connectivity index (χ4n) is 2.57. The van der Waals surface area contributed by atoms with Crippen LogP contribution in [0.5, 0.6) is 0 Å². The van der Waals surface area contributed by atoms with Crippen LogP contribution in [0.2, 0.25) is 0 Å². The summed E-state index contributed by atoms with van der Waals surface area (Å²) in [6.07, 6.45) is 6.89. The van der Waals surface area contributed by atoms with Crippen LogP contribution in [0.4, 0.5) is 0 Å². The van der Waals surface area contributed by atoms with Crippen molar-refractivity contribution in [2.24, 2.45) is 0 Å². The second-order valence-electron chi connectivity index (χ2n) is 5.67. The molecule has 20 heavy (non-hydrogen) atoms. The molecule has 1 aromatic heterocycles. The molecule has 1 fully saturated rings. The molecular formula is C16H21N3O. The van der Waals surface area contributed by atoms with Crippen LogP contribution in [0.1, 0.15) is 25.8 Å². The van der Waals surface area contributed by atoms with Crippen LogP contribution in [0.3, 0.4) is 0 Å². The van der Waals surface area contributed by atoms with Gasteiger partial charge in [-0.2, -0.15) is 0 Å². The van der Waals surface area contributed by atoms with Gasteiger partial charge in [-0.1, -0.05) is 12.1 Å². The van der Waals surface area contributed by atoms with E-state index in [-0.39, 0.29) is 11.6 Å². The Labute approximate surface area is 119 Å². The normalized spacial score (nSPS) is 26.0. The molecule has 2 aromatic rings. The van der Waals surface area contributed by atoms with Crippen LogP contribution in [0.15, 0.2) is 43.0 Å². The average molecular weight is 271 g/mol. The first kappa shape index (κ1) is 13.3. The Morgan fingerprint density at radius 3 is 2.80 bits per heavy atom. The van der Waals surface area contributed by atoms with Crippen molar-refractivity contribution in [1.29, 1.82) is 0 Å². The van der Waals surface area contributed by atoms with Crippen molar-refractivity contribution >= 4 is 0 Å². The molecule has 1 aliphatic heterocycles. The van der Waals surface area contributed by atoms with Gasteiger partial charge in [-0.05, 0) is 38.0 Å². The van der Waals surface area contributed by atoms with Crippen LogP contribution in [-0.2, 0) is 11.3 Å². The summed E-state index contributed by atoms with van der Waals surface area (Å²) in [6.45, 7) is 6.10. The molecule has 2 atom stereocenters. The Bertz CT molecular complexity index is 550. The molecule has 0 radical (unpaired) electrons. The third-order valence-corrected chi connectivity index (χ3v) is 4.32. The van der Waals surface area contributed by atoms with Gasteiger partial charge in [0.1, 0.15) is 0 Å². The second-order valence-corrected chi connectivity index (χ2v) is 5.67. The number of hydrogen-bond acceptors (Lipinski definition) is 3. The highest BCUT2D eigenvalue weighted by Crippen LogP contribution is 2.25. The zero-order chi connectivity index (χ0) is 14.0. The highest BCUT2D eigenvalue weighted by atomic mass is 16.5. The quantitative estimate of drug-likeness (QED) is 0.928. The number of benzene rings is 1.